The van der Waals surface area contributed by atoms with Crippen molar-refractivity contribution in [2.45, 2.75) is 50.2 Å². The lowest BCUT2D eigenvalue weighted by molar-refractivity contribution is -0.140. The van der Waals surface area contributed by atoms with Crippen LogP contribution < -0.4 is 16.4 Å². The van der Waals surface area contributed by atoms with Gasteiger partial charge in [-0.3, -0.25) is 19.2 Å². The number of aromatic amines is 1. The second-order valence-electron chi connectivity index (χ2n) is 7.88. The van der Waals surface area contributed by atoms with Crippen LogP contribution in [0.5, 0.6) is 0 Å². The molecule has 1 aromatic carbocycles. The van der Waals surface area contributed by atoms with Gasteiger partial charge < -0.3 is 26.3 Å². The number of likely N-dealkylation sites (tertiary alicyclic amines) is 1. The maximum absolute atomic E-state index is 13.3. The molecule has 2 aromatic rings. The van der Waals surface area contributed by atoms with Crippen LogP contribution in [0.2, 0.25) is 0 Å². The number of fused-ring (bicyclic) bond motifs is 1. The highest BCUT2D eigenvalue weighted by Gasteiger charge is 2.38. The predicted octanol–water partition coefficient (Wildman–Crippen LogP) is -0.0499. The highest BCUT2D eigenvalue weighted by atomic mass is 16.2. The van der Waals surface area contributed by atoms with Gasteiger partial charge in [0.15, 0.2) is 0 Å². The van der Waals surface area contributed by atoms with Crippen molar-refractivity contribution in [3.63, 3.8) is 0 Å². The van der Waals surface area contributed by atoms with Crippen LogP contribution in [0.3, 0.4) is 0 Å². The van der Waals surface area contributed by atoms with Crippen LogP contribution in [0.4, 0.5) is 0 Å². The van der Waals surface area contributed by atoms with Crippen LogP contribution in [0.25, 0.3) is 10.9 Å². The Bertz CT molecular complexity index is 1000. The number of rotatable bonds is 6. The van der Waals surface area contributed by atoms with Crippen LogP contribution in [-0.4, -0.2) is 58.2 Å². The number of primary amides is 1. The number of para-hydroxylation sites is 1. The van der Waals surface area contributed by atoms with Crippen molar-refractivity contribution in [1.82, 2.24) is 20.5 Å². The Morgan fingerprint density at radius 3 is 2.77 bits per heavy atom. The summed E-state index contributed by atoms with van der Waals surface area (Å²) in [6.45, 7) is 0.423. The first-order chi connectivity index (χ1) is 14.4. The minimum absolute atomic E-state index is 0.178. The Morgan fingerprint density at radius 1 is 1.23 bits per heavy atom. The van der Waals surface area contributed by atoms with Gasteiger partial charge in [0, 0.05) is 36.5 Å². The summed E-state index contributed by atoms with van der Waals surface area (Å²) >= 11 is 0. The first-order valence-electron chi connectivity index (χ1n) is 10.2. The summed E-state index contributed by atoms with van der Waals surface area (Å²) in [6.07, 6.45) is 3.97. The van der Waals surface area contributed by atoms with Gasteiger partial charge in [-0.25, -0.2) is 0 Å². The lowest BCUT2D eigenvalue weighted by Gasteiger charge is -2.28. The average Bonchev–Trinajstić information content (AvgIpc) is 3.46. The summed E-state index contributed by atoms with van der Waals surface area (Å²) in [4.78, 5) is 54.0. The molecule has 5 N–H and O–H groups in total. The van der Waals surface area contributed by atoms with Gasteiger partial charge in [-0.2, -0.15) is 0 Å². The molecule has 0 bridgehead atoms. The average molecular weight is 411 g/mol. The molecule has 2 aliphatic heterocycles. The zero-order valence-electron chi connectivity index (χ0n) is 16.5. The maximum Gasteiger partial charge on any atom is 0.246 e. The molecule has 2 aliphatic rings. The number of carbonyl (C=O) groups is 4. The summed E-state index contributed by atoms with van der Waals surface area (Å²) in [6, 6.07) is 5.53. The van der Waals surface area contributed by atoms with E-state index in [1.54, 1.807) is 0 Å². The quantitative estimate of drug-likeness (QED) is 0.529. The molecule has 0 saturated carbocycles. The fraction of sp³-hybridized carbons (Fsp3) is 0.429. The molecule has 1 aromatic heterocycles. The largest absolute Gasteiger partial charge is 0.368 e. The van der Waals surface area contributed by atoms with Gasteiger partial charge in [-0.1, -0.05) is 18.2 Å². The highest BCUT2D eigenvalue weighted by molar-refractivity contribution is 5.96. The summed E-state index contributed by atoms with van der Waals surface area (Å²) in [5.74, 6) is -1.45. The monoisotopic (exact) mass is 411 g/mol. The summed E-state index contributed by atoms with van der Waals surface area (Å²) < 4.78 is 0. The fourth-order valence-electron chi connectivity index (χ4n) is 4.33. The Balaban J connectivity index is 1.58. The molecule has 0 aliphatic carbocycles. The number of aromatic nitrogens is 1. The Hall–Kier alpha value is -3.36. The third-order valence-electron chi connectivity index (χ3n) is 5.89. The molecular weight excluding hydrogens is 386 g/mol. The van der Waals surface area contributed by atoms with E-state index in [4.69, 9.17) is 5.73 Å². The van der Waals surface area contributed by atoms with E-state index < -0.39 is 29.9 Å². The van der Waals surface area contributed by atoms with Gasteiger partial charge in [-0.05, 0) is 30.9 Å². The minimum Gasteiger partial charge on any atom is -0.368 e. The van der Waals surface area contributed by atoms with E-state index in [2.05, 4.69) is 15.6 Å². The molecule has 2 saturated heterocycles. The van der Waals surface area contributed by atoms with Crippen molar-refractivity contribution in [3.8, 4) is 0 Å². The van der Waals surface area contributed by atoms with E-state index in [9.17, 15) is 19.2 Å². The van der Waals surface area contributed by atoms with E-state index in [1.165, 1.54) is 4.90 Å². The van der Waals surface area contributed by atoms with E-state index in [0.717, 1.165) is 16.5 Å². The predicted molar refractivity (Wildman–Crippen MR) is 109 cm³/mol. The summed E-state index contributed by atoms with van der Waals surface area (Å²) in [5.41, 5.74) is 7.30. The maximum atomic E-state index is 13.3. The van der Waals surface area contributed by atoms with Crippen LogP contribution >= 0.6 is 0 Å². The number of nitrogens with one attached hydrogen (secondary N) is 3. The number of carbonyl (C=O) groups excluding carboxylic acids is 4. The van der Waals surface area contributed by atoms with Crippen molar-refractivity contribution in [3.05, 3.63) is 36.0 Å². The number of nitrogens with two attached hydrogens (primary N) is 1. The number of hydrogen-bond acceptors (Lipinski definition) is 4. The second-order valence-corrected chi connectivity index (χ2v) is 7.88. The molecule has 9 nitrogen and oxygen atoms in total. The molecule has 4 rings (SSSR count). The van der Waals surface area contributed by atoms with E-state index in [-0.39, 0.29) is 24.7 Å². The van der Waals surface area contributed by atoms with Crippen LogP contribution in [0.15, 0.2) is 30.5 Å². The fourth-order valence-corrected chi connectivity index (χ4v) is 4.33. The van der Waals surface area contributed by atoms with Crippen molar-refractivity contribution < 1.29 is 19.2 Å². The van der Waals surface area contributed by atoms with Gasteiger partial charge >= 0.3 is 0 Å². The lowest BCUT2D eigenvalue weighted by atomic mass is 10.0. The summed E-state index contributed by atoms with van der Waals surface area (Å²) in [5, 5.41) is 6.40. The first-order valence-corrected chi connectivity index (χ1v) is 10.2. The molecule has 4 amide bonds. The molecule has 30 heavy (non-hydrogen) atoms. The molecule has 0 spiro atoms. The molecule has 9 heteroatoms. The normalized spacial score (nSPS) is 22.1. The Kier molecular flexibility index (Phi) is 5.43. The van der Waals surface area contributed by atoms with Crippen molar-refractivity contribution in [2.24, 2.45) is 5.73 Å². The number of nitrogens with zero attached hydrogens (tertiary/aromatic N) is 1. The number of H-pyrrole nitrogens is 1. The zero-order valence-corrected chi connectivity index (χ0v) is 16.5. The Morgan fingerprint density at radius 2 is 2.03 bits per heavy atom. The zero-order chi connectivity index (χ0) is 21.3. The highest BCUT2D eigenvalue weighted by Crippen LogP contribution is 2.23. The number of amides is 4. The molecule has 158 valence electrons. The van der Waals surface area contributed by atoms with Crippen LogP contribution in [-0.2, 0) is 25.6 Å². The lowest BCUT2D eigenvalue weighted by Crippen LogP contribution is -2.56. The second kappa shape index (κ2) is 8.17. The topological polar surface area (TPSA) is 137 Å². The molecule has 0 unspecified atom stereocenters. The number of hydrogen-bond donors (Lipinski definition) is 4. The molecule has 0 radical (unpaired) electrons. The van der Waals surface area contributed by atoms with Gasteiger partial charge in [0.25, 0.3) is 0 Å². The van der Waals surface area contributed by atoms with Crippen molar-refractivity contribution in [2.75, 3.05) is 6.54 Å². The van der Waals surface area contributed by atoms with Gasteiger partial charge in [-0.15, -0.1) is 0 Å². The van der Waals surface area contributed by atoms with E-state index in [1.807, 2.05) is 30.5 Å². The molecule has 3 atom stereocenters. The first kappa shape index (κ1) is 19.9. The molecule has 2 fully saturated rings. The van der Waals surface area contributed by atoms with Crippen LogP contribution in [0.1, 0.15) is 31.2 Å². The van der Waals surface area contributed by atoms with Gasteiger partial charge in [0.1, 0.15) is 18.1 Å². The van der Waals surface area contributed by atoms with E-state index in [0.29, 0.717) is 25.8 Å². The SMILES string of the molecule is NC(=O)[C@@H]1CCCN1C(=O)[C@H](Cc1c[nH]c2ccccc12)NC(=O)[C@@H]1CCC(=O)N1. The standard InChI is InChI=1S/C21H25N5O4/c22-19(28)17-6-3-9-26(17)21(30)16(25-20(29)15-7-8-18(27)24-15)10-12-11-23-14-5-2-1-4-13(12)14/h1-2,4-5,11,15-17,23H,3,6-10H2,(H2,22,28)(H,24,27)(H,25,29)/t15-,16-,17-/m0/s1. The smallest absolute Gasteiger partial charge is 0.246 e. The van der Waals surface area contributed by atoms with Crippen molar-refractivity contribution in [1.29, 1.82) is 0 Å². The van der Waals surface area contributed by atoms with Gasteiger partial charge in [0.2, 0.25) is 23.6 Å². The molecule has 3 heterocycles. The number of benzene rings is 1. The Labute approximate surface area is 173 Å². The van der Waals surface area contributed by atoms with Gasteiger partial charge in [0.05, 0.1) is 0 Å². The van der Waals surface area contributed by atoms with Crippen molar-refractivity contribution >= 4 is 34.5 Å². The molecular formula is C21H25N5O4. The van der Waals surface area contributed by atoms with Crippen LogP contribution in [0, 0.1) is 0 Å². The third kappa shape index (κ3) is 3.87. The summed E-state index contributed by atoms with van der Waals surface area (Å²) in [7, 11) is 0. The minimum atomic E-state index is -0.867. The third-order valence-corrected chi connectivity index (χ3v) is 5.89. The van der Waals surface area contributed by atoms with E-state index >= 15 is 0 Å².